The molecule has 1 amide bonds. The van der Waals surface area contributed by atoms with Gasteiger partial charge in [-0.25, -0.2) is 5.84 Å². The number of amides is 1. The number of nitrogens with two attached hydrogens (primary N) is 1. The van der Waals surface area contributed by atoms with E-state index in [0.29, 0.717) is 0 Å². The van der Waals surface area contributed by atoms with Gasteiger partial charge < -0.3 is 4.52 Å². The summed E-state index contributed by atoms with van der Waals surface area (Å²) in [6, 6.07) is 1.66. The molecule has 1 aliphatic heterocycles. The number of aromatic nitrogens is 1. The molecule has 0 spiro atoms. The van der Waals surface area contributed by atoms with E-state index in [0.717, 1.165) is 37.2 Å². The molecule has 0 bridgehead atoms. The van der Waals surface area contributed by atoms with Crippen LogP contribution in [0.2, 0.25) is 0 Å². The molecular weight excluding hydrogens is 232 g/mol. The molecule has 0 radical (unpaired) electrons. The lowest BCUT2D eigenvalue weighted by Crippen LogP contribution is -2.30. The molecule has 1 saturated heterocycles. The standard InChI is InChI=1S/C12H18N4O2/c13-14-12(17)11-4-10(18-15-11)7-16-5-8-2-1-3-9(8)6-16/h4,8-9H,1-3,5-7,13H2,(H,14,17). The molecule has 2 unspecified atom stereocenters. The monoisotopic (exact) mass is 250 g/mol. The lowest BCUT2D eigenvalue weighted by Gasteiger charge is -2.13. The minimum atomic E-state index is -0.414. The quantitative estimate of drug-likeness (QED) is 0.464. The smallest absolute Gasteiger partial charge is 0.287 e. The largest absolute Gasteiger partial charge is 0.359 e. The second kappa shape index (κ2) is 4.70. The van der Waals surface area contributed by atoms with Crippen LogP contribution >= 0.6 is 0 Å². The highest BCUT2D eigenvalue weighted by atomic mass is 16.5. The number of fused-ring (bicyclic) bond motifs is 1. The highest BCUT2D eigenvalue weighted by Crippen LogP contribution is 2.38. The molecule has 3 rings (SSSR count). The molecule has 2 aliphatic rings. The summed E-state index contributed by atoms with van der Waals surface area (Å²) in [7, 11) is 0. The number of nitrogen functional groups attached to an aromatic ring is 1. The second-order valence-corrected chi connectivity index (χ2v) is 5.30. The number of carbonyl (C=O) groups is 1. The molecule has 98 valence electrons. The number of hydrogen-bond acceptors (Lipinski definition) is 5. The van der Waals surface area contributed by atoms with Gasteiger partial charge in [0.15, 0.2) is 11.5 Å². The fourth-order valence-corrected chi connectivity index (χ4v) is 3.25. The summed E-state index contributed by atoms with van der Waals surface area (Å²) in [6.45, 7) is 3.02. The van der Waals surface area contributed by atoms with E-state index in [4.69, 9.17) is 10.4 Å². The van der Waals surface area contributed by atoms with E-state index in [1.807, 2.05) is 5.43 Å². The number of hydrazine groups is 1. The Hall–Kier alpha value is -1.40. The van der Waals surface area contributed by atoms with Gasteiger partial charge >= 0.3 is 0 Å². The van der Waals surface area contributed by atoms with Crippen molar-refractivity contribution in [2.75, 3.05) is 13.1 Å². The van der Waals surface area contributed by atoms with Crippen LogP contribution < -0.4 is 11.3 Å². The zero-order valence-electron chi connectivity index (χ0n) is 10.3. The molecule has 1 aliphatic carbocycles. The number of nitrogens with zero attached hydrogens (tertiary/aromatic N) is 2. The van der Waals surface area contributed by atoms with E-state index in [2.05, 4.69) is 10.1 Å². The zero-order valence-corrected chi connectivity index (χ0v) is 10.3. The third-order valence-electron chi connectivity index (χ3n) is 4.10. The zero-order chi connectivity index (χ0) is 12.5. The Bertz CT molecular complexity index is 433. The van der Waals surface area contributed by atoms with Crippen LogP contribution in [0.25, 0.3) is 0 Å². The minimum Gasteiger partial charge on any atom is -0.359 e. The van der Waals surface area contributed by atoms with E-state index in [-0.39, 0.29) is 5.69 Å². The van der Waals surface area contributed by atoms with Gasteiger partial charge in [-0.1, -0.05) is 11.6 Å². The van der Waals surface area contributed by atoms with Gasteiger partial charge in [0.1, 0.15) is 0 Å². The van der Waals surface area contributed by atoms with E-state index < -0.39 is 5.91 Å². The minimum absolute atomic E-state index is 0.242. The van der Waals surface area contributed by atoms with Gasteiger partial charge in [0.05, 0.1) is 6.54 Å². The Kier molecular flexibility index (Phi) is 3.05. The van der Waals surface area contributed by atoms with Gasteiger partial charge in [0.25, 0.3) is 5.91 Å². The van der Waals surface area contributed by atoms with Crippen LogP contribution in [0, 0.1) is 11.8 Å². The molecule has 1 saturated carbocycles. The van der Waals surface area contributed by atoms with Crippen LogP contribution in [0.1, 0.15) is 35.5 Å². The lowest BCUT2D eigenvalue weighted by molar-refractivity contribution is 0.0944. The molecule has 0 aromatic carbocycles. The first-order valence-electron chi connectivity index (χ1n) is 6.45. The summed E-state index contributed by atoms with van der Waals surface area (Å²) in [5.74, 6) is 7.09. The maximum absolute atomic E-state index is 11.3. The maximum atomic E-state index is 11.3. The van der Waals surface area contributed by atoms with E-state index in [1.54, 1.807) is 6.07 Å². The molecular formula is C12H18N4O2. The number of likely N-dealkylation sites (tertiary alicyclic amines) is 1. The molecule has 3 N–H and O–H groups in total. The Balaban J connectivity index is 1.60. The molecule has 1 aromatic heterocycles. The van der Waals surface area contributed by atoms with Gasteiger partial charge in [-0.15, -0.1) is 0 Å². The predicted octanol–water partition coefficient (Wildman–Crippen LogP) is 0.510. The third kappa shape index (κ3) is 2.13. The van der Waals surface area contributed by atoms with E-state index in [9.17, 15) is 4.79 Å². The average Bonchev–Trinajstić information content (AvgIpc) is 3.03. The van der Waals surface area contributed by atoms with Crippen LogP contribution in [-0.4, -0.2) is 29.1 Å². The number of hydrogen-bond donors (Lipinski definition) is 2. The van der Waals surface area contributed by atoms with Crippen LogP contribution in [-0.2, 0) is 6.54 Å². The Labute approximate surface area is 105 Å². The highest BCUT2D eigenvalue weighted by Gasteiger charge is 2.36. The first-order valence-corrected chi connectivity index (χ1v) is 6.45. The SMILES string of the molecule is NNC(=O)c1cc(CN2CC3CCCC3C2)on1. The van der Waals surface area contributed by atoms with Gasteiger partial charge in [-0.3, -0.25) is 15.1 Å². The van der Waals surface area contributed by atoms with Crippen molar-refractivity contribution in [2.45, 2.75) is 25.8 Å². The van der Waals surface area contributed by atoms with Crippen molar-refractivity contribution in [3.8, 4) is 0 Å². The van der Waals surface area contributed by atoms with Crippen molar-refractivity contribution in [1.29, 1.82) is 0 Å². The molecule has 1 aromatic rings. The lowest BCUT2D eigenvalue weighted by atomic mass is 10.0. The molecule has 2 heterocycles. The van der Waals surface area contributed by atoms with Gasteiger partial charge in [0, 0.05) is 19.2 Å². The Morgan fingerprint density at radius 1 is 1.50 bits per heavy atom. The molecule has 18 heavy (non-hydrogen) atoms. The van der Waals surface area contributed by atoms with Crippen molar-refractivity contribution >= 4 is 5.91 Å². The van der Waals surface area contributed by atoms with E-state index in [1.165, 1.54) is 19.3 Å². The second-order valence-electron chi connectivity index (χ2n) is 5.30. The number of carbonyl (C=O) groups excluding carboxylic acids is 1. The first-order chi connectivity index (χ1) is 8.76. The summed E-state index contributed by atoms with van der Waals surface area (Å²) in [5.41, 5.74) is 2.29. The Morgan fingerprint density at radius 2 is 2.22 bits per heavy atom. The van der Waals surface area contributed by atoms with Crippen molar-refractivity contribution in [3.05, 3.63) is 17.5 Å². The normalized spacial score (nSPS) is 27.4. The van der Waals surface area contributed by atoms with Crippen LogP contribution in [0.5, 0.6) is 0 Å². The van der Waals surface area contributed by atoms with E-state index >= 15 is 0 Å². The van der Waals surface area contributed by atoms with Crippen LogP contribution in [0.3, 0.4) is 0 Å². The highest BCUT2D eigenvalue weighted by molar-refractivity contribution is 5.91. The average molecular weight is 250 g/mol. The van der Waals surface area contributed by atoms with Crippen molar-refractivity contribution in [2.24, 2.45) is 17.7 Å². The predicted molar refractivity (Wildman–Crippen MR) is 64.3 cm³/mol. The fourth-order valence-electron chi connectivity index (χ4n) is 3.25. The summed E-state index contributed by atoms with van der Waals surface area (Å²) in [4.78, 5) is 13.6. The third-order valence-corrected chi connectivity index (χ3v) is 4.10. The molecule has 2 fully saturated rings. The summed E-state index contributed by atoms with van der Waals surface area (Å²) in [6.07, 6.45) is 4.10. The number of nitrogens with one attached hydrogen (secondary N) is 1. The van der Waals surface area contributed by atoms with Gasteiger partial charge in [0.2, 0.25) is 0 Å². The van der Waals surface area contributed by atoms with Crippen molar-refractivity contribution in [3.63, 3.8) is 0 Å². The summed E-state index contributed by atoms with van der Waals surface area (Å²) in [5, 5.41) is 3.71. The van der Waals surface area contributed by atoms with Gasteiger partial charge in [-0.2, -0.15) is 0 Å². The fraction of sp³-hybridized carbons (Fsp3) is 0.667. The topological polar surface area (TPSA) is 84.4 Å². The van der Waals surface area contributed by atoms with Crippen molar-refractivity contribution in [1.82, 2.24) is 15.5 Å². The maximum Gasteiger partial charge on any atom is 0.287 e. The van der Waals surface area contributed by atoms with Crippen LogP contribution in [0.15, 0.2) is 10.6 Å². The summed E-state index contributed by atoms with van der Waals surface area (Å²) < 4.78 is 5.16. The van der Waals surface area contributed by atoms with Crippen molar-refractivity contribution < 1.29 is 9.32 Å². The van der Waals surface area contributed by atoms with Crippen LogP contribution in [0.4, 0.5) is 0 Å². The molecule has 6 heteroatoms. The molecule has 2 atom stereocenters. The summed E-state index contributed by atoms with van der Waals surface area (Å²) >= 11 is 0. The molecule has 6 nitrogen and oxygen atoms in total. The first kappa shape index (κ1) is 11.7. The Morgan fingerprint density at radius 3 is 2.89 bits per heavy atom. The van der Waals surface area contributed by atoms with Gasteiger partial charge in [-0.05, 0) is 24.7 Å². The number of rotatable bonds is 3.